The van der Waals surface area contributed by atoms with Crippen LogP contribution in [0.15, 0.2) is 30.3 Å². The number of aliphatic hydroxyl groups excluding tert-OH is 2. The predicted molar refractivity (Wildman–Crippen MR) is 122 cm³/mol. The van der Waals surface area contributed by atoms with Gasteiger partial charge in [-0.3, -0.25) is 0 Å². The van der Waals surface area contributed by atoms with Crippen molar-refractivity contribution in [2.75, 3.05) is 0 Å². The molecular formula is C27H33F3O3. The number of fused-ring (bicyclic) bond motifs is 1. The maximum absolute atomic E-state index is 13.1. The number of halogens is 3. The zero-order valence-corrected chi connectivity index (χ0v) is 19.7. The second-order valence-electron chi connectivity index (χ2n) is 10.4. The summed E-state index contributed by atoms with van der Waals surface area (Å²) in [5.74, 6) is 0.893. The second-order valence-corrected chi connectivity index (χ2v) is 10.4. The third-order valence-corrected chi connectivity index (χ3v) is 7.06. The van der Waals surface area contributed by atoms with Gasteiger partial charge in [-0.15, -0.1) is 0 Å². The Kier molecular flexibility index (Phi) is 6.29. The average molecular weight is 463 g/mol. The molecule has 2 aromatic rings. The Balaban J connectivity index is 1.92. The maximum atomic E-state index is 13.1. The van der Waals surface area contributed by atoms with Gasteiger partial charge in [-0.25, -0.2) is 0 Å². The standard InChI is InChI=1S/C27H33F3O3/c1-15(2)19-13-21-24(20(31)14-26(3,4)33-21)22(16-7-5-6-8-16)23(19)25(32)17-9-11-18(12-10-17)27(28,29)30/h9-13,15-16,20,25,31-32H,5-8,14H2,1-4H3/t20-,25+/m0/s1. The summed E-state index contributed by atoms with van der Waals surface area (Å²) in [7, 11) is 0. The highest BCUT2D eigenvalue weighted by Gasteiger charge is 2.40. The maximum Gasteiger partial charge on any atom is 0.416 e. The van der Waals surface area contributed by atoms with Crippen molar-refractivity contribution in [1.82, 2.24) is 0 Å². The van der Waals surface area contributed by atoms with Crippen LogP contribution in [0.1, 0.15) is 117 Å². The Hall–Kier alpha value is -2.05. The van der Waals surface area contributed by atoms with Gasteiger partial charge in [0, 0.05) is 12.0 Å². The molecule has 0 amide bonds. The molecule has 0 spiro atoms. The predicted octanol–water partition coefficient (Wildman–Crippen LogP) is 7.16. The van der Waals surface area contributed by atoms with E-state index in [2.05, 4.69) is 0 Å². The van der Waals surface area contributed by atoms with Crippen molar-refractivity contribution < 1.29 is 28.1 Å². The molecule has 1 heterocycles. The van der Waals surface area contributed by atoms with Crippen LogP contribution in [0.25, 0.3) is 0 Å². The lowest BCUT2D eigenvalue weighted by Gasteiger charge is -2.39. The first-order chi connectivity index (χ1) is 15.4. The van der Waals surface area contributed by atoms with E-state index in [1.807, 2.05) is 33.8 Å². The van der Waals surface area contributed by atoms with Crippen LogP contribution in [0, 0.1) is 0 Å². The Morgan fingerprint density at radius 1 is 1.03 bits per heavy atom. The summed E-state index contributed by atoms with van der Waals surface area (Å²) in [5.41, 5.74) is 2.47. The highest BCUT2D eigenvalue weighted by Crippen LogP contribution is 2.51. The van der Waals surface area contributed by atoms with Gasteiger partial charge in [0.15, 0.2) is 0 Å². The van der Waals surface area contributed by atoms with E-state index in [1.165, 1.54) is 12.1 Å². The van der Waals surface area contributed by atoms with Crippen molar-refractivity contribution >= 4 is 0 Å². The first kappa shape index (κ1) is 24.1. The number of hydrogen-bond acceptors (Lipinski definition) is 3. The zero-order chi connectivity index (χ0) is 24.1. The van der Waals surface area contributed by atoms with Crippen molar-refractivity contribution in [3.8, 4) is 5.75 Å². The van der Waals surface area contributed by atoms with E-state index in [-0.39, 0.29) is 11.8 Å². The number of aliphatic hydroxyl groups is 2. The van der Waals surface area contributed by atoms with Gasteiger partial charge >= 0.3 is 6.18 Å². The van der Waals surface area contributed by atoms with Crippen molar-refractivity contribution in [3.63, 3.8) is 0 Å². The van der Waals surface area contributed by atoms with Crippen LogP contribution in [-0.2, 0) is 6.18 Å². The summed E-state index contributed by atoms with van der Waals surface area (Å²) < 4.78 is 45.5. The van der Waals surface area contributed by atoms with Gasteiger partial charge < -0.3 is 14.9 Å². The van der Waals surface area contributed by atoms with Gasteiger partial charge in [-0.2, -0.15) is 13.2 Å². The largest absolute Gasteiger partial charge is 0.487 e. The second kappa shape index (κ2) is 8.62. The molecule has 33 heavy (non-hydrogen) atoms. The van der Waals surface area contributed by atoms with Crippen LogP contribution in [0.3, 0.4) is 0 Å². The highest BCUT2D eigenvalue weighted by molar-refractivity contribution is 5.57. The minimum Gasteiger partial charge on any atom is -0.487 e. The molecule has 0 unspecified atom stereocenters. The van der Waals surface area contributed by atoms with E-state index in [1.54, 1.807) is 0 Å². The first-order valence-electron chi connectivity index (χ1n) is 11.8. The molecule has 2 N–H and O–H groups in total. The van der Waals surface area contributed by atoms with Crippen molar-refractivity contribution in [2.45, 2.75) is 95.6 Å². The minimum absolute atomic E-state index is 0.0559. The highest BCUT2D eigenvalue weighted by atomic mass is 19.4. The fourth-order valence-corrected chi connectivity index (χ4v) is 5.52. The zero-order valence-electron chi connectivity index (χ0n) is 19.7. The van der Waals surface area contributed by atoms with Crippen LogP contribution in [0.2, 0.25) is 0 Å². The summed E-state index contributed by atoms with van der Waals surface area (Å²) in [4.78, 5) is 0. The van der Waals surface area contributed by atoms with E-state index < -0.39 is 29.5 Å². The van der Waals surface area contributed by atoms with Crippen LogP contribution >= 0.6 is 0 Å². The smallest absolute Gasteiger partial charge is 0.416 e. The lowest BCUT2D eigenvalue weighted by molar-refractivity contribution is -0.137. The quantitative estimate of drug-likeness (QED) is 0.507. The normalized spacial score (nSPS) is 21.7. The molecule has 2 atom stereocenters. The van der Waals surface area contributed by atoms with Gasteiger partial charge in [0.1, 0.15) is 17.5 Å². The van der Waals surface area contributed by atoms with Crippen molar-refractivity contribution in [3.05, 3.63) is 63.7 Å². The molecule has 6 heteroatoms. The Morgan fingerprint density at radius 3 is 2.18 bits per heavy atom. The molecule has 2 aromatic carbocycles. The molecular weight excluding hydrogens is 429 g/mol. The molecule has 1 aliphatic heterocycles. The monoisotopic (exact) mass is 462 g/mol. The van der Waals surface area contributed by atoms with E-state index in [0.29, 0.717) is 17.7 Å². The summed E-state index contributed by atoms with van der Waals surface area (Å²) in [6.07, 6.45) is -1.74. The van der Waals surface area contributed by atoms with E-state index in [0.717, 1.165) is 60.1 Å². The molecule has 1 saturated carbocycles. The average Bonchev–Trinajstić information content (AvgIpc) is 3.25. The van der Waals surface area contributed by atoms with E-state index in [9.17, 15) is 23.4 Å². The molecule has 0 aromatic heterocycles. The Labute approximate surface area is 193 Å². The van der Waals surface area contributed by atoms with Gasteiger partial charge in [0.2, 0.25) is 0 Å². The van der Waals surface area contributed by atoms with Crippen LogP contribution < -0.4 is 4.74 Å². The SMILES string of the molecule is CC(C)c1cc2c(c(C3CCCC3)c1[C@H](O)c1ccc(C(F)(F)F)cc1)[C@@H](O)CC(C)(C)O2. The lowest BCUT2D eigenvalue weighted by Crippen LogP contribution is -2.36. The summed E-state index contributed by atoms with van der Waals surface area (Å²) in [5, 5.41) is 22.7. The van der Waals surface area contributed by atoms with Crippen molar-refractivity contribution in [2.24, 2.45) is 0 Å². The number of ether oxygens (including phenoxy) is 1. The Morgan fingerprint density at radius 2 is 1.64 bits per heavy atom. The topological polar surface area (TPSA) is 49.7 Å². The number of rotatable bonds is 4. The minimum atomic E-state index is -4.43. The molecule has 1 fully saturated rings. The molecule has 2 aliphatic rings. The molecule has 0 radical (unpaired) electrons. The van der Waals surface area contributed by atoms with E-state index in [4.69, 9.17) is 4.74 Å². The summed E-state index contributed by atoms with van der Waals surface area (Å²) in [6, 6.07) is 6.66. The number of benzene rings is 2. The fourth-order valence-electron chi connectivity index (χ4n) is 5.52. The molecule has 180 valence electrons. The van der Waals surface area contributed by atoms with Crippen LogP contribution in [0.4, 0.5) is 13.2 Å². The number of alkyl halides is 3. The van der Waals surface area contributed by atoms with Crippen molar-refractivity contribution in [1.29, 1.82) is 0 Å². The molecule has 1 aliphatic carbocycles. The van der Waals surface area contributed by atoms with Gasteiger partial charge in [0.25, 0.3) is 0 Å². The Bertz CT molecular complexity index is 1000. The molecule has 3 nitrogen and oxygen atoms in total. The summed E-state index contributed by atoms with van der Waals surface area (Å²) >= 11 is 0. The molecule has 0 saturated heterocycles. The van der Waals surface area contributed by atoms with Gasteiger partial charge in [0.05, 0.1) is 11.7 Å². The van der Waals surface area contributed by atoms with Crippen LogP contribution in [-0.4, -0.2) is 15.8 Å². The third kappa shape index (κ3) is 4.65. The first-order valence-corrected chi connectivity index (χ1v) is 11.8. The summed E-state index contributed by atoms with van der Waals surface area (Å²) in [6.45, 7) is 7.98. The lowest BCUT2D eigenvalue weighted by atomic mass is 9.76. The number of hydrogen-bond donors (Lipinski definition) is 2. The molecule has 4 rings (SSSR count). The fraction of sp³-hybridized carbons (Fsp3) is 0.556. The van der Waals surface area contributed by atoms with Gasteiger partial charge in [-0.1, -0.05) is 38.8 Å². The molecule has 0 bridgehead atoms. The van der Waals surface area contributed by atoms with Crippen LogP contribution in [0.5, 0.6) is 5.75 Å². The third-order valence-electron chi connectivity index (χ3n) is 7.06. The van der Waals surface area contributed by atoms with Gasteiger partial charge in [-0.05, 0) is 79.0 Å². The van der Waals surface area contributed by atoms with E-state index >= 15 is 0 Å².